The van der Waals surface area contributed by atoms with Crippen molar-refractivity contribution in [1.29, 1.82) is 0 Å². The van der Waals surface area contributed by atoms with Gasteiger partial charge >= 0.3 is 0 Å². The normalized spacial score (nSPS) is 12.2. The summed E-state index contributed by atoms with van der Waals surface area (Å²) < 4.78 is 0. The summed E-state index contributed by atoms with van der Waals surface area (Å²) in [5.74, 6) is 1.13. The fourth-order valence-electron chi connectivity index (χ4n) is 1.76. The van der Waals surface area contributed by atoms with Crippen molar-refractivity contribution < 1.29 is 0 Å². The number of benzene rings is 1. The maximum Gasteiger partial charge on any atom is 0.149 e. The van der Waals surface area contributed by atoms with E-state index in [0.29, 0.717) is 5.82 Å². The van der Waals surface area contributed by atoms with Crippen molar-refractivity contribution in [1.82, 2.24) is 9.97 Å². The SMILES string of the molecule is CC(c1ccccc1Cl)N(C)c1cncc(N)n1. The molecule has 0 amide bonds. The number of hydrogen-bond acceptors (Lipinski definition) is 4. The standard InChI is InChI=1S/C13H15ClN4/c1-9(10-5-3-4-6-11(10)14)18(2)13-8-16-7-12(15)17-13/h3-9H,1-2H3,(H2,15,17). The van der Waals surface area contributed by atoms with Gasteiger partial charge < -0.3 is 10.6 Å². The van der Waals surface area contributed by atoms with Gasteiger partial charge in [0.25, 0.3) is 0 Å². The number of rotatable bonds is 3. The molecule has 0 fully saturated rings. The molecule has 1 heterocycles. The number of nitrogens with two attached hydrogens (primary N) is 1. The highest BCUT2D eigenvalue weighted by atomic mass is 35.5. The Balaban J connectivity index is 2.29. The van der Waals surface area contributed by atoms with E-state index >= 15 is 0 Å². The van der Waals surface area contributed by atoms with E-state index in [-0.39, 0.29) is 6.04 Å². The predicted molar refractivity (Wildman–Crippen MR) is 74.7 cm³/mol. The summed E-state index contributed by atoms with van der Waals surface area (Å²) in [5, 5.41) is 0.744. The van der Waals surface area contributed by atoms with Crippen LogP contribution in [0.25, 0.3) is 0 Å². The summed E-state index contributed by atoms with van der Waals surface area (Å²) in [6.07, 6.45) is 3.21. The van der Waals surface area contributed by atoms with Crippen molar-refractivity contribution >= 4 is 23.2 Å². The van der Waals surface area contributed by atoms with E-state index < -0.39 is 0 Å². The molecule has 0 aliphatic carbocycles. The maximum atomic E-state index is 6.19. The van der Waals surface area contributed by atoms with Crippen LogP contribution in [0.4, 0.5) is 11.6 Å². The maximum absolute atomic E-state index is 6.19. The van der Waals surface area contributed by atoms with Crippen LogP contribution >= 0.6 is 11.6 Å². The quantitative estimate of drug-likeness (QED) is 0.924. The second-order valence-electron chi connectivity index (χ2n) is 4.11. The molecule has 0 saturated carbocycles. The molecule has 0 aliphatic heterocycles. The summed E-state index contributed by atoms with van der Waals surface area (Å²) in [6.45, 7) is 2.06. The molecule has 18 heavy (non-hydrogen) atoms. The van der Waals surface area contributed by atoms with Crippen LogP contribution in [-0.4, -0.2) is 17.0 Å². The van der Waals surface area contributed by atoms with Gasteiger partial charge in [-0.3, -0.25) is 4.98 Å². The lowest BCUT2D eigenvalue weighted by molar-refractivity contribution is 0.727. The topological polar surface area (TPSA) is 55.0 Å². The first-order valence-electron chi connectivity index (χ1n) is 5.64. The molecule has 1 aromatic carbocycles. The first kappa shape index (κ1) is 12.6. The fraction of sp³-hybridized carbons (Fsp3) is 0.231. The van der Waals surface area contributed by atoms with Crippen molar-refractivity contribution in [2.45, 2.75) is 13.0 Å². The Hall–Kier alpha value is -1.81. The van der Waals surface area contributed by atoms with Gasteiger partial charge in [0.2, 0.25) is 0 Å². The molecule has 0 radical (unpaired) electrons. The highest BCUT2D eigenvalue weighted by molar-refractivity contribution is 6.31. The van der Waals surface area contributed by atoms with E-state index in [4.69, 9.17) is 17.3 Å². The molecular formula is C13H15ClN4. The number of aromatic nitrogens is 2. The molecule has 1 atom stereocenters. The minimum atomic E-state index is 0.0924. The summed E-state index contributed by atoms with van der Waals surface area (Å²) >= 11 is 6.19. The number of anilines is 2. The monoisotopic (exact) mass is 262 g/mol. The highest BCUT2D eigenvalue weighted by Crippen LogP contribution is 2.28. The molecule has 0 saturated heterocycles. The van der Waals surface area contributed by atoms with Gasteiger partial charge in [-0.15, -0.1) is 0 Å². The Morgan fingerprint density at radius 1 is 1.28 bits per heavy atom. The molecule has 94 valence electrons. The molecule has 5 heteroatoms. The van der Waals surface area contributed by atoms with E-state index in [1.165, 1.54) is 6.20 Å². The van der Waals surface area contributed by atoms with Crippen molar-refractivity contribution in [2.75, 3.05) is 17.7 Å². The average Bonchev–Trinajstić information content (AvgIpc) is 2.37. The lowest BCUT2D eigenvalue weighted by atomic mass is 10.1. The molecule has 2 N–H and O–H groups in total. The Bertz CT molecular complexity index is 544. The van der Waals surface area contributed by atoms with Crippen LogP contribution in [0.1, 0.15) is 18.5 Å². The zero-order valence-corrected chi connectivity index (χ0v) is 11.1. The summed E-state index contributed by atoms with van der Waals surface area (Å²) in [5.41, 5.74) is 6.69. The summed E-state index contributed by atoms with van der Waals surface area (Å²) in [4.78, 5) is 10.3. The molecule has 0 bridgehead atoms. The zero-order valence-electron chi connectivity index (χ0n) is 10.3. The zero-order chi connectivity index (χ0) is 13.1. The van der Waals surface area contributed by atoms with Crippen LogP contribution < -0.4 is 10.6 Å². The Labute approximate surface area is 111 Å². The lowest BCUT2D eigenvalue weighted by Crippen LogP contribution is -2.23. The fourth-order valence-corrected chi connectivity index (χ4v) is 2.05. The molecule has 1 unspecified atom stereocenters. The molecule has 2 aromatic rings. The van der Waals surface area contributed by atoms with Crippen LogP contribution in [0.15, 0.2) is 36.7 Å². The molecular weight excluding hydrogens is 248 g/mol. The Kier molecular flexibility index (Phi) is 3.67. The van der Waals surface area contributed by atoms with Gasteiger partial charge in [0, 0.05) is 12.1 Å². The van der Waals surface area contributed by atoms with Crippen LogP contribution in [-0.2, 0) is 0 Å². The molecule has 2 rings (SSSR count). The van der Waals surface area contributed by atoms with Gasteiger partial charge in [-0.05, 0) is 18.6 Å². The smallest absolute Gasteiger partial charge is 0.149 e. The second-order valence-corrected chi connectivity index (χ2v) is 4.52. The van der Waals surface area contributed by atoms with Crippen LogP contribution in [0.5, 0.6) is 0 Å². The molecule has 0 aliphatic rings. The van der Waals surface area contributed by atoms with Gasteiger partial charge in [-0.1, -0.05) is 29.8 Å². The lowest BCUT2D eigenvalue weighted by Gasteiger charge is -2.26. The third kappa shape index (κ3) is 2.54. The predicted octanol–water partition coefficient (Wildman–Crippen LogP) is 2.91. The third-order valence-electron chi connectivity index (χ3n) is 2.94. The molecule has 1 aromatic heterocycles. The number of nitrogen functional groups attached to an aromatic ring is 1. The minimum Gasteiger partial charge on any atom is -0.382 e. The van der Waals surface area contributed by atoms with Gasteiger partial charge in [-0.25, -0.2) is 4.98 Å². The van der Waals surface area contributed by atoms with Crippen molar-refractivity contribution in [2.24, 2.45) is 0 Å². The van der Waals surface area contributed by atoms with Gasteiger partial charge in [0.05, 0.1) is 18.4 Å². The van der Waals surface area contributed by atoms with E-state index in [1.54, 1.807) is 6.20 Å². The van der Waals surface area contributed by atoms with E-state index in [2.05, 4.69) is 16.9 Å². The number of nitrogens with zero attached hydrogens (tertiary/aromatic N) is 3. The molecule has 4 nitrogen and oxygen atoms in total. The number of hydrogen-bond donors (Lipinski definition) is 1. The average molecular weight is 263 g/mol. The van der Waals surface area contributed by atoms with Gasteiger partial charge in [0.15, 0.2) is 0 Å². The van der Waals surface area contributed by atoms with Crippen molar-refractivity contribution in [3.8, 4) is 0 Å². The second kappa shape index (κ2) is 5.23. The Morgan fingerprint density at radius 3 is 2.67 bits per heavy atom. The largest absolute Gasteiger partial charge is 0.382 e. The van der Waals surface area contributed by atoms with Crippen LogP contribution in [0.2, 0.25) is 5.02 Å². The molecule has 0 spiro atoms. The van der Waals surface area contributed by atoms with Crippen LogP contribution in [0.3, 0.4) is 0 Å². The van der Waals surface area contributed by atoms with E-state index in [0.717, 1.165) is 16.4 Å². The first-order valence-corrected chi connectivity index (χ1v) is 6.02. The van der Waals surface area contributed by atoms with Gasteiger partial charge in [0.1, 0.15) is 11.6 Å². The first-order chi connectivity index (χ1) is 8.59. The van der Waals surface area contributed by atoms with Crippen LogP contribution in [0, 0.1) is 0 Å². The van der Waals surface area contributed by atoms with Gasteiger partial charge in [-0.2, -0.15) is 0 Å². The Morgan fingerprint density at radius 2 is 2.00 bits per heavy atom. The number of halogens is 1. The van der Waals surface area contributed by atoms with Crippen molar-refractivity contribution in [3.05, 3.63) is 47.2 Å². The van der Waals surface area contributed by atoms with E-state index in [9.17, 15) is 0 Å². The van der Waals surface area contributed by atoms with E-state index in [1.807, 2.05) is 36.2 Å². The summed E-state index contributed by atoms with van der Waals surface area (Å²) in [7, 11) is 1.94. The third-order valence-corrected chi connectivity index (χ3v) is 3.28. The minimum absolute atomic E-state index is 0.0924. The highest BCUT2D eigenvalue weighted by Gasteiger charge is 2.16. The summed E-state index contributed by atoms with van der Waals surface area (Å²) in [6, 6.07) is 7.86. The van der Waals surface area contributed by atoms with Crippen molar-refractivity contribution in [3.63, 3.8) is 0 Å².